The van der Waals surface area contributed by atoms with Crippen LogP contribution in [-0.4, -0.2) is 15.0 Å². The smallest absolute Gasteiger partial charge is 0.164 e. The Labute approximate surface area is 299 Å². The van der Waals surface area contributed by atoms with Crippen LogP contribution in [0.25, 0.3) is 98.1 Å². The first-order valence-corrected chi connectivity index (χ1v) is 17.9. The Morgan fingerprint density at radius 1 is 0.314 bits per heavy atom. The quantitative estimate of drug-likeness (QED) is 0.183. The molecule has 0 saturated carbocycles. The van der Waals surface area contributed by atoms with Gasteiger partial charge in [-0.05, 0) is 62.0 Å². The summed E-state index contributed by atoms with van der Waals surface area (Å²) in [5, 5.41) is 7.21. The van der Waals surface area contributed by atoms with Gasteiger partial charge in [0.25, 0.3) is 0 Å². The molecule has 0 saturated heterocycles. The molecule has 0 bridgehead atoms. The van der Waals surface area contributed by atoms with E-state index in [1.165, 1.54) is 47.8 Å². The van der Waals surface area contributed by atoms with Crippen molar-refractivity contribution in [3.05, 3.63) is 176 Å². The minimum absolute atomic E-state index is 0.649. The van der Waals surface area contributed by atoms with Crippen LogP contribution in [0.5, 0.6) is 0 Å². The van der Waals surface area contributed by atoms with Crippen molar-refractivity contribution in [1.82, 2.24) is 15.0 Å². The summed E-state index contributed by atoms with van der Waals surface area (Å²) in [5.41, 5.74) is 7.73. The third kappa shape index (κ3) is 5.16. The maximum atomic E-state index is 5.16. The number of thiophene rings is 1. The van der Waals surface area contributed by atoms with Gasteiger partial charge in [-0.3, -0.25) is 0 Å². The van der Waals surface area contributed by atoms with Crippen molar-refractivity contribution in [3.8, 4) is 56.4 Å². The molecule has 0 N–H and O–H groups in total. The second-order valence-electron chi connectivity index (χ2n) is 12.8. The molecule has 0 atom stereocenters. The number of aromatic nitrogens is 3. The van der Waals surface area contributed by atoms with E-state index in [0.29, 0.717) is 17.5 Å². The lowest BCUT2D eigenvalue weighted by molar-refractivity contribution is 1.08. The van der Waals surface area contributed by atoms with Crippen molar-refractivity contribution in [2.45, 2.75) is 0 Å². The molecule has 0 amide bonds. The highest BCUT2D eigenvalue weighted by Gasteiger charge is 2.16. The molecule has 0 aliphatic rings. The number of hydrogen-bond donors (Lipinski definition) is 0. The molecule has 0 fully saturated rings. The number of fused-ring (bicyclic) bond motifs is 5. The molecule has 238 valence electrons. The van der Waals surface area contributed by atoms with E-state index in [0.717, 1.165) is 32.8 Å². The second-order valence-corrected chi connectivity index (χ2v) is 13.9. The normalized spacial score (nSPS) is 11.5. The van der Waals surface area contributed by atoms with Gasteiger partial charge in [0.05, 0.1) is 0 Å². The summed E-state index contributed by atoms with van der Waals surface area (Å²) >= 11 is 1.86. The first kappa shape index (κ1) is 29.4. The molecule has 10 rings (SSSR count). The summed E-state index contributed by atoms with van der Waals surface area (Å²) in [6, 6.07) is 62.1. The van der Waals surface area contributed by atoms with E-state index >= 15 is 0 Å². The van der Waals surface area contributed by atoms with Crippen LogP contribution in [0.15, 0.2) is 176 Å². The van der Waals surface area contributed by atoms with Crippen molar-refractivity contribution in [3.63, 3.8) is 0 Å². The lowest BCUT2D eigenvalue weighted by atomic mass is 9.95. The maximum Gasteiger partial charge on any atom is 0.164 e. The number of benzene rings is 8. The summed E-state index contributed by atoms with van der Waals surface area (Å²) < 4.78 is 2.64. The first-order chi connectivity index (χ1) is 25.3. The largest absolute Gasteiger partial charge is 0.208 e. The molecule has 4 heteroatoms. The van der Waals surface area contributed by atoms with E-state index in [9.17, 15) is 0 Å². The summed E-state index contributed by atoms with van der Waals surface area (Å²) in [6.45, 7) is 0. The minimum atomic E-state index is 0.649. The van der Waals surface area contributed by atoms with E-state index in [1.54, 1.807) is 0 Å². The standard InChI is InChI=1S/C47H29N3S/c1-3-12-30(13-4-1)36-17-9-20-39-38(36)19-11-22-42(39)47-49-45(31-14-5-2-6-15-31)48-46(50-47)35-27-25-32-28-34(26-24-33(32)29-35)37-18-10-21-41-40-16-7-8-23-43(40)51-44(37)41/h1-29H. The molecule has 2 aromatic heterocycles. The lowest BCUT2D eigenvalue weighted by Crippen LogP contribution is -2.00. The number of hydrogen-bond acceptors (Lipinski definition) is 4. The predicted octanol–water partition coefficient (Wildman–Crippen LogP) is 12.9. The number of rotatable bonds is 5. The molecule has 3 nitrogen and oxygen atoms in total. The third-order valence-corrected chi connectivity index (χ3v) is 10.9. The zero-order valence-corrected chi connectivity index (χ0v) is 28.3. The fourth-order valence-electron chi connectivity index (χ4n) is 7.24. The highest BCUT2D eigenvalue weighted by atomic mass is 32.1. The lowest BCUT2D eigenvalue weighted by Gasteiger charge is -2.13. The fourth-order valence-corrected chi connectivity index (χ4v) is 8.48. The van der Waals surface area contributed by atoms with Gasteiger partial charge in [0, 0.05) is 36.9 Å². The molecule has 8 aromatic carbocycles. The molecular formula is C47H29N3S. The molecule has 2 heterocycles. The highest BCUT2D eigenvalue weighted by molar-refractivity contribution is 7.26. The van der Waals surface area contributed by atoms with Crippen LogP contribution in [-0.2, 0) is 0 Å². The van der Waals surface area contributed by atoms with E-state index in [-0.39, 0.29) is 0 Å². The van der Waals surface area contributed by atoms with Gasteiger partial charge in [-0.2, -0.15) is 0 Å². The molecule has 51 heavy (non-hydrogen) atoms. The van der Waals surface area contributed by atoms with Crippen molar-refractivity contribution < 1.29 is 0 Å². The highest BCUT2D eigenvalue weighted by Crippen LogP contribution is 2.41. The average Bonchev–Trinajstić information content (AvgIpc) is 3.59. The Balaban J connectivity index is 1.10. The van der Waals surface area contributed by atoms with Gasteiger partial charge >= 0.3 is 0 Å². The third-order valence-electron chi connectivity index (χ3n) is 9.73. The predicted molar refractivity (Wildman–Crippen MR) is 215 cm³/mol. The number of nitrogens with zero attached hydrogens (tertiary/aromatic N) is 3. The SMILES string of the molecule is c1ccc(-c2nc(-c3ccc4cc(-c5cccc6c5sc5ccccc56)ccc4c3)nc(-c3cccc4c(-c5ccccc5)cccc34)n2)cc1. The van der Waals surface area contributed by atoms with Crippen molar-refractivity contribution >= 4 is 53.1 Å². The van der Waals surface area contributed by atoms with E-state index in [2.05, 4.69) is 158 Å². The summed E-state index contributed by atoms with van der Waals surface area (Å²) in [5.74, 6) is 1.95. The zero-order chi connectivity index (χ0) is 33.7. The first-order valence-electron chi connectivity index (χ1n) is 17.1. The van der Waals surface area contributed by atoms with Gasteiger partial charge in [-0.25, -0.2) is 15.0 Å². The Bertz CT molecular complexity index is 2910. The molecule has 0 spiro atoms. The van der Waals surface area contributed by atoms with Gasteiger partial charge in [-0.1, -0.05) is 158 Å². The van der Waals surface area contributed by atoms with Crippen LogP contribution in [0.4, 0.5) is 0 Å². The topological polar surface area (TPSA) is 38.7 Å². The van der Waals surface area contributed by atoms with Gasteiger partial charge in [-0.15, -0.1) is 11.3 Å². The summed E-state index contributed by atoms with van der Waals surface area (Å²) in [7, 11) is 0. The zero-order valence-electron chi connectivity index (χ0n) is 27.5. The summed E-state index contributed by atoms with van der Waals surface area (Å²) in [4.78, 5) is 15.3. The second kappa shape index (κ2) is 12.1. The Morgan fingerprint density at radius 3 is 1.61 bits per heavy atom. The van der Waals surface area contributed by atoms with E-state index in [1.807, 2.05) is 29.5 Å². The van der Waals surface area contributed by atoms with Gasteiger partial charge < -0.3 is 0 Å². The van der Waals surface area contributed by atoms with Gasteiger partial charge in [0.15, 0.2) is 17.5 Å². The molecule has 0 aliphatic carbocycles. The fraction of sp³-hybridized carbons (Fsp3) is 0. The molecule has 0 unspecified atom stereocenters. The Morgan fingerprint density at radius 2 is 0.843 bits per heavy atom. The molecule has 0 radical (unpaired) electrons. The van der Waals surface area contributed by atoms with Crippen LogP contribution in [0.1, 0.15) is 0 Å². The van der Waals surface area contributed by atoms with Gasteiger partial charge in [0.2, 0.25) is 0 Å². The Kier molecular flexibility index (Phi) is 7.00. The van der Waals surface area contributed by atoms with Gasteiger partial charge in [0.1, 0.15) is 0 Å². The monoisotopic (exact) mass is 667 g/mol. The van der Waals surface area contributed by atoms with Crippen LogP contribution in [0, 0.1) is 0 Å². The Hall–Kier alpha value is -6.49. The van der Waals surface area contributed by atoms with Crippen LogP contribution >= 0.6 is 11.3 Å². The minimum Gasteiger partial charge on any atom is -0.208 e. The summed E-state index contributed by atoms with van der Waals surface area (Å²) in [6.07, 6.45) is 0. The van der Waals surface area contributed by atoms with Crippen molar-refractivity contribution in [2.75, 3.05) is 0 Å². The van der Waals surface area contributed by atoms with E-state index in [4.69, 9.17) is 15.0 Å². The molecule has 10 aromatic rings. The maximum absolute atomic E-state index is 5.16. The van der Waals surface area contributed by atoms with Crippen molar-refractivity contribution in [2.24, 2.45) is 0 Å². The van der Waals surface area contributed by atoms with Crippen LogP contribution in [0.3, 0.4) is 0 Å². The average molecular weight is 668 g/mol. The van der Waals surface area contributed by atoms with Crippen molar-refractivity contribution in [1.29, 1.82) is 0 Å². The molecular weight excluding hydrogens is 639 g/mol. The molecule has 0 aliphatic heterocycles. The van der Waals surface area contributed by atoms with Crippen LogP contribution in [0.2, 0.25) is 0 Å². The van der Waals surface area contributed by atoms with E-state index < -0.39 is 0 Å². The van der Waals surface area contributed by atoms with Crippen LogP contribution < -0.4 is 0 Å².